The van der Waals surface area contributed by atoms with Crippen molar-refractivity contribution in [2.45, 2.75) is 31.8 Å². The Balaban J connectivity index is 1.50. The maximum atomic E-state index is 13.7. The summed E-state index contributed by atoms with van der Waals surface area (Å²) in [5.41, 5.74) is 2.93. The Kier molecular flexibility index (Phi) is 5.20. The monoisotopic (exact) mass is 453 g/mol. The van der Waals surface area contributed by atoms with Crippen LogP contribution >= 0.6 is 23.2 Å². The minimum Gasteiger partial charge on any atom is -0.317 e. The number of aromatic nitrogens is 3. The summed E-state index contributed by atoms with van der Waals surface area (Å²) in [5, 5.41) is 5.52. The number of urea groups is 1. The average molecular weight is 454 g/mol. The number of carbonyl (C=O) groups is 1. The van der Waals surface area contributed by atoms with Crippen molar-refractivity contribution >= 4 is 35.1 Å². The Hall–Kier alpha value is -2.83. The van der Waals surface area contributed by atoms with E-state index in [-0.39, 0.29) is 18.1 Å². The summed E-state index contributed by atoms with van der Waals surface area (Å²) in [4.78, 5) is 21.5. The minimum absolute atomic E-state index is 0.0394. The van der Waals surface area contributed by atoms with E-state index in [9.17, 15) is 4.79 Å². The SMILES string of the molecule is CC1=CC(c2ccc(Cl)c(Cl)c2)n2nccc2N1C(=O)N1CCCC1c1ccncc1. The van der Waals surface area contributed by atoms with Gasteiger partial charge in [0, 0.05) is 30.7 Å². The van der Waals surface area contributed by atoms with Crippen LogP contribution in [-0.2, 0) is 0 Å². The second kappa shape index (κ2) is 8.02. The van der Waals surface area contributed by atoms with E-state index in [0.29, 0.717) is 10.0 Å². The van der Waals surface area contributed by atoms with Crippen molar-refractivity contribution in [1.82, 2.24) is 19.7 Å². The normalized spacial score (nSPS) is 20.5. The number of anilines is 1. The van der Waals surface area contributed by atoms with Crippen LogP contribution in [0.2, 0.25) is 10.0 Å². The lowest BCUT2D eigenvalue weighted by Gasteiger charge is -2.36. The van der Waals surface area contributed by atoms with Crippen LogP contribution in [0, 0.1) is 0 Å². The molecule has 1 fully saturated rings. The number of amides is 2. The molecule has 2 aromatic heterocycles. The number of allylic oxidation sites excluding steroid dienone is 2. The number of hydrogen-bond donors (Lipinski definition) is 0. The lowest BCUT2D eigenvalue weighted by atomic mass is 10.0. The first-order valence-electron chi connectivity index (χ1n) is 10.2. The summed E-state index contributed by atoms with van der Waals surface area (Å²) in [7, 11) is 0. The van der Waals surface area contributed by atoms with Gasteiger partial charge in [-0.05, 0) is 61.2 Å². The molecule has 0 N–H and O–H groups in total. The fourth-order valence-electron chi connectivity index (χ4n) is 4.49. The average Bonchev–Trinajstić information content (AvgIpc) is 3.45. The summed E-state index contributed by atoms with van der Waals surface area (Å²) < 4.78 is 1.85. The largest absolute Gasteiger partial charge is 0.330 e. The van der Waals surface area contributed by atoms with Crippen molar-refractivity contribution in [1.29, 1.82) is 0 Å². The standard InChI is InChI=1S/C23H21Cl2N5O/c1-15-13-21(17-4-5-18(24)19(25)14-17)30-22(8-11-27-30)29(15)23(31)28-12-2-3-20(28)16-6-9-26-10-7-16/h4-11,13-14,20-21H,2-3,12H2,1H3. The highest BCUT2D eigenvalue weighted by atomic mass is 35.5. The number of benzene rings is 1. The van der Waals surface area contributed by atoms with E-state index >= 15 is 0 Å². The Morgan fingerprint density at radius 2 is 1.84 bits per heavy atom. The van der Waals surface area contributed by atoms with Crippen molar-refractivity contribution < 1.29 is 4.79 Å². The van der Waals surface area contributed by atoms with Gasteiger partial charge in [-0.1, -0.05) is 29.3 Å². The quantitative estimate of drug-likeness (QED) is 0.488. The highest BCUT2D eigenvalue weighted by Gasteiger charge is 2.37. The number of hydrogen-bond acceptors (Lipinski definition) is 3. The number of fused-ring (bicyclic) bond motifs is 1. The van der Waals surface area contributed by atoms with Gasteiger partial charge in [0.25, 0.3) is 0 Å². The van der Waals surface area contributed by atoms with E-state index in [0.717, 1.165) is 42.0 Å². The van der Waals surface area contributed by atoms with Gasteiger partial charge in [-0.3, -0.25) is 9.88 Å². The van der Waals surface area contributed by atoms with Crippen LogP contribution in [0.3, 0.4) is 0 Å². The second-order valence-corrected chi connectivity index (χ2v) is 8.62. The molecule has 6 nitrogen and oxygen atoms in total. The van der Waals surface area contributed by atoms with E-state index in [1.807, 2.05) is 52.9 Å². The van der Waals surface area contributed by atoms with E-state index in [4.69, 9.17) is 23.2 Å². The molecule has 2 amide bonds. The summed E-state index contributed by atoms with van der Waals surface area (Å²) in [6.45, 7) is 2.68. The van der Waals surface area contributed by atoms with E-state index in [1.165, 1.54) is 0 Å². The Labute approximate surface area is 190 Å². The lowest BCUT2D eigenvalue weighted by Crippen LogP contribution is -2.44. The Bertz CT molecular complexity index is 1160. The fourth-order valence-corrected chi connectivity index (χ4v) is 4.80. The van der Waals surface area contributed by atoms with Gasteiger partial charge in [0.1, 0.15) is 5.82 Å². The van der Waals surface area contributed by atoms with Crippen molar-refractivity contribution in [2.75, 3.05) is 11.4 Å². The second-order valence-electron chi connectivity index (χ2n) is 7.81. The number of carbonyl (C=O) groups excluding carboxylic acids is 1. The molecular formula is C23H21Cl2N5O. The van der Waals surface area contributed by atoms with Crippen LogP contribution in [0.15, 0.2) is 66.8 Å². The number of likely N-dealkylation sites (tertiary alicyclic amines) is 1. The number of nitrogens with zero attached hydrogens (tertiary/aromatic N) is 5. The zero-order valence-electron chi connectivity index (χ0n) is 16.9. The van der Waals surface area contributed by atoms with Crippen LogP contribution in [0.1, 0.15) is 43.0 Å². The van der Waals surface area contributed by atoms with Gasteiger partial charge in [-0.25, -0.2) is 9.48 Å². The molecule has 2 aliphatic rings. The fraction of sp³-hybridized carbons (Fsp3) is 0.261. The zero-order valence-corrected chi connectivity index (χ0v) is 18.5. The van der Waals surface area contributed by atoms with Crippen LogP contribution in [0.4, 0.5) is 10.6 Å². The highest BCUT2D eigenvalue weighted by Crippen LogP contribution is 2.39. The third kappa shape index (κ3) is 3.50. The topological polar surface area (TPSA) is 54.3 Å². The van der Waals surface area contributed by atoms with Crippen molar-refractivity contribution in [2.24, 2.45) is 0 Å². The first-order valence-corrected chi connectivity index (χ1v) is 11.0. The third-order valence-corrected chi connectivity index (χ3v) is 6.70. The van der Waals surface area contributed by atoms with Gasteiger partial charge < -0.3 is 4.90 Å². The van der Waals surface area contributed by atoms with Crippen molar-refractivity contribution in [3.05, 3.63) is 87.9 Å². The Morgan fingerprint density at radius 1 is 1.03 bits per heavy atom. The summed E-state index contributed by atoms with van der Waals surface area (Å²) in [6.07, 6.45) is 9.22. The van der Waals surface area contributed by atoms with Crippen LogP contribution in [0.5, 0.6) is 0 Å². The zero-order chi connectivity index (χ0) is 21.5. The molecule has 0 radical (unpaired) electrons. The first-order chi connectivity index (χ1) is 15.0. The van der Waals surface area contributed by atoms with Gasteiger partial charge in [0.2, 0.25) is 0 Å². The number of halogens is 2. The summed E-state index contributed by atoms with van der Waals surface area (Å²) in [6, 6.07) is 11.3. The maximum Gasteiger partial charge on any atom is 0.330 e. The molecule has 2 aliphatic heterocycles. The van der Waals surface area contributed by atoms with Gasteiger partial charge >= 0.3 is 6.03 Å². The van der Waals surface area contributed by atoms with E-state index in [1.54, 1.807) is 29.6 Å². The third-order valence-electron chi connectivity index (χ3n) is 5.96. The summed E-state index contributed by atoms with van der Waals surface area (Å²) >= 11 is 12.3. The lowest BCUT2D eigenvalue weighted by molar-refractivity contribution is 0.200. The van der Waals surface area contributed by atoms with Crippen LogP contribution in [-0.4, -0.2) is 32.2 Å². The molecule has 1 aromatic carbocycles. The molecule has 0 aliphatic carbocycles. The molecule has 0 spiro atoms. The minimum atomic E-state index is -0.168. The molecule has 0 bridgehead atoms. The first kappa shape index (κ1) is 20.1. The predicted molar refractivity (Wildman–Crippen MR) is 121 cm³/mol. The molecule has 31 heavy (non-hydrogen) atoms. The molecule has 2 atom stereocenters. The van der Waals surface area contributed by atoms with Crippen LogP contribution in [0.25, 0.3) is 0 Å². The molecule has 4 heterocycles. The molecule has 8 heteroatoms. The smallest absolute Gasteiger partial charge is 0.317 e. The molecule has 0 saturated carbocycles. The van der Waals surface area contributed by atoms with Crippen molar-refractivity contribution in [3.8, 4) is 0 Å². The molecular weight excluding hydrogens is 433 g/mol. The van der Waals surface area contributed by atoms with Gasteiger partial charge in [-0.15, -0.1) is 0 Å². The molecule has 1 saturated heterocycles. The van der Waals surface area contributed by atoms with Gasteiger partial charge in [-0.2, -0.15) is 5.10 Å². The van der Waals surface area contributed by atoms with E-state index < -0.39 is 0 Å². The van der Waals surface area contributed by atoms with Crippen molar-refractivity contribution in [3.63, 3.8) is 0 Å². The number of pyridine rings is 1. The molecule has 2 unspecified atom stereocenters. The maximum absolute atomic E-state index is 13.7. The van der Waals surface area contributed by atoms with Gasteiger partial charge in [0.05, 0.1) is 28.3 Å². The van der Waals surface area contributed by atoms with Crippen LogP contribution < -0.4 is 4.90 Å². The summed E-state index contributed by atoms with van der Waals surface area (Å²) in [5.74, 6) is 0.737. The molecule has 3 aromatic rings. The van der Waals surface area contributed by atoms with E-state index in [2.05, 4.69) is 10.1 Å². The molecule has 158 valence electrons. The Morgan fingerprint density at radius 3 is 2.61 bits per heavy atom. The number of rotatable bonds is 2. The van der Waals surface area contributed by atoms with Gasteiger partial charge in [0.15, 0.2) is 0 Å². The predicted octanol–water partition coefficient (Wildman–Crippen LogP) is 5.86. The molecule has 5 rings (SSSR count). The highest BCUT2D eigenvalue weighted by molar-refractivity contribution is 6.42.